The molecule has 332 valence electrons. The monoisotopic (exact) mass is 912 g/mol. The number of esters is 1. The predicted molar refractivity (Wildman–Crippen MR) is 243 cm³/mol. The summed E-state index contributed by atoms with van der Waals surface area (Å²) in [6.45, 7) is 4.40. The highest BCUT2D eigenvalue weighted by molar-refractivity contribution is 6.40. The number of alkyl halides is 2. The van der Waals surface area contributed by atoms with E-state index >= 15 is 0 Å². The molecule has 0 aliphatic carbocycles. The van der Waals surface area contributed by atoms with Crippen LogP contribution < -0.4 is 4.74 Å². The van der Waals surface area contributed by atoms with Crippen LogP contribution >= 0.6 is 23.2 Å². The molecule has 2 N–H and O–H groups in total. The lowest BCUT2D eigenvalue weighted by Crippen LogP contribution is -2.09. The van der Waals surface area contributed by atoms with Crippen LogP contribution in [0, 0.1) is 45.9 Å². The van der Waals surface area contributed by atoms with Gasteiger partial charge in [-0.05, 0) is 83.3 Å². The zero-order chi connectivity index (χ0) is 47.0. The van der Waals surface area contributed by atoms with Crippen molar-refractivity contribution >= 4 is 35.1 Å². The van der Waals surface area contributed by atoms with Gasteiger partial charge in [-0.15, -0.1) is 23.2 Å². The molecular formula is C51H46Cl2F4N2O5. The molecule has 6 aromatic rings. The molecule has 0 radical (unpaired) electrons. The predicted octanol–water partition coefficient (Wildman–Crippen LogP) is 14.2. The Labute approximate surface area is 380 Å². The van der Waals surface area contributed by atoms with Gasteiger partial charge in [-0.2, -0.15) is 10.5 Å². The van der Waals surface area contributed by atoms with Crippen molar-refractivity contribution in [2.75, 3.05) is 5.34 Å². The number of carboxylic acids is 1. The van der Waals surface area contributed by atoms with Crippen molar-refractivity contribution in [2.45, 2.75) is 65.2 Å². The van der Waals surface area contributed by atoms with E-state index in [1.165, 1.54) is 61.8 Å². The molecule has 0 amide bonds. The Bertz CT molecular complexity index is 2460. The summed E-state index contributed by atoms with van der Waals surface area (Å²) in [4.78, 5) is 23.1. The zero-order valence-corrected chi connectivity index (χ0v) is 36.7. The number of phenols is 1. The standard InChI is InChI=1S/C25H21F2NO2.C18H20O2.C7H3F2NO.CH2Cl2/c1-2-3-4-5-17-6-8-18(9-7-17)19-10-12-20(13-11-19)25(29)30-21-14-23(26)22(16-28)24(27)15-21;1-2-3-4-5-14-6-8-15(9-7-14)16-10-12-17(13-11-16)18(19)20;8-6-1-4(11)2-7(9)5(6)3-10;2-1-3/h6-15H,2-5H2,1H3;6-13H,2-5H2,1H3,(H,19,20);1-2,11H;1H2. The minimum Gasteiger partial charge on any atom is -0.508 e. The molecule has 0 saturated carbocycles. The number of nitrogens with zero attached hydrogens (tertiary/aromatic N) is 2. The van der Waals surface area contributed by atoms with Gasteiger partial charge in [0.15, 0.2) is 0 Å². The molecule has 0 heterocycles. The van der Waals surface area contributed by atoms with Crippen LogP contribution in [0.5, 0.6) is 11.5 Å². The minimum atomic E-state index is -1.08. The molecule has 64 heavy (non-hydrogen) atoms. The van der Waals surface area contributed by atoms with Crippen LogP contribution in [-0.2, 0) is 12.8 Å². The van der Waals surface area contributed by atoms with E-state index in [-0.39, 0.29) is 16.7 Å². The summed E-state index contributed by atoms with van der Waals surface area (Å²) in [5, 5.41) is 34.6. The normalized spacial score (nSPS) is 10.0. The molecule has 0 aliphatic rings. The van der Waals surface area contributed by atoms with Crippen LogP contribution in [0.3, 0.4) is 0 Å². The van der Waals surface area contributed by atoms with Crippen molar-refractivity contribution < 1.29 is 42.1 Å². The van der Waals surface area contributed by atoms with Crippen molar-refractivity contribution in [1.82, 2.24) is 0 Å². The molecule has 0 saturated heterocycles. The Kier molecular flexibility index (Phi) is 22.1. The molecule has 0 aromatic heterocycles. The quantitative estimate of drug-likeness (QED) is 0.0388. The number of benzene rings is 6. The first-order valence-corrected chi connectivity index (χ1v) is 21.3. The van der Waals surface area contributed by atoms with Crippen molar-refractivity contribution in [3.8, 4) is 45.9 Å². The maximum atomic E-state index is 13.7. The van der Waals surface area contributed by atoms with E-state index in [2.05, 4.69) is 62.4 Å². The van der Waals surface area contributed by atoms with Crippen LogP contribution in [0.25, 0.3) is 22.3 Å². The molecule has 0 fully saturated rings. The summed E-state index contributed by atoms with van der Waals surface area (Å²) in [7, 11) is 0. The number of carbonyl (C=O) groups excluding carboxylic acids is 1. The second-order valence-electron chi connectivity index (χ2n) is 14.0. The molecule has 0 atom stereocenters. The lowest BCUT2D eigenvalue weighted by atomic mass is 10.0. The topological polar surface area (TPSA) is 131 Å². The number of aryl methyl sites for hydroxylation is 2. The van der Waals surface area contributed by atoms with Gasteiger partial charge in [0.25, 0.3) is 0 Å². The first-order valence-electron chi connectivity index (χ1n) is 20.2. The molecule has 0 spiro atoms. The molecular weight excluding hydrogens is 867 g/mol. The third kappa shape index (κ3) is 16.6. The smallest absolute Gasteiger partial charge is 0.343 e. The Morgan fingerprint density at radius 2 is 0.891 bits per heavy atom. The molecule has 0 bridgehead atoms. The molecule has 6 rings (SSSR count). The second-order valence-corrected chi connectivity index (χ2v) is 14.8. The van der Waals surface area contributed by atoms with E-state index in [0.29, 0.717) is 17.7 Å². The number of carboxylic acid groups (broad SMARTS) is 1. The van der Waals surface area contributed by atoms with Gasteiger partial charge in [0.2, 0.25) is 0 Å². The zero-order valence-electron chi connectivity index (χ0n) is 35.2. The summed E-state index contributed by atoms with van der Waals surface area (Å²) in [5.74, 6) is -6.70. The highest BCUT2D eigenvalue weighted by atomic mass is 35.5. The third-order valence-electron chi connectivity index (χ3n) is 9.44. The van der Waals surface area contributed by atoms with Gasteiger partial charge in [-0.25, -0.2) is 27.2 Å². The fourth-order valence-electron chi connectivity index (χ4n) is 6.04. The number of halogens is 6. The number of aromatic carboxylic acids is 1. The van der Waals surface area contributed by atoms with Gasteiger partial charge in [0.05, 0.1) is 16.5 Å². The van der Waals surface area contributed by atoms with Crippen LogP contribution in [-0.4, -0.2) is 27.5 Å². The van der Waals surface area contributed by atoms with Gasteiger partial charge in [-0.3, -0.25) is 0 Å². The SMILES string of the molecule is CCCCCc1ccc(-c2ccc(C(=O)O)cc2)cc1.CCCCCc1ccc(-c2ccc(C(=O)Oc3cc(F)c(C#N)c(F)c3)cc2)cc1.ClCCl.N#Cc1c(F)cc(O)cc1F. The Balaban J connectivity index is 0.000000274. The summed E-state index contributed by atoms with van der Waals surface area (Å²) >= 11 is 9.53. The van der Waals surface area contributed by atoms with Gasteiger partial charge in [-0.1, -0.05) is 112 Å². The van der Waals surface area contributed by atoms with Crippen molar-refractivity contribution in [2.24, 2.45) is 0 Å². The number of hydrogen-bond acceptors (Lipinski definition) is 6. The second kappa shape index (κ2) is 27.4. The van der Waals surface area contributed by atoms with E-state index in [4.69, 9.17) is 48.7 Å². The summed E-state index contributed by atoms with van der Waals surface area (Å²) in [5.41, 5.74) is 6.01. The highest BCUT2D eigenvalue weighted by Gasteiger charge is 2.15. The number of unbranched alkanes of at least 4 members (excludes halogenated alkanes) is 4. The highest BCUT2D eigenvalue weighted by Crippen LogP contribution is 2.25. The largest absolute Gasteiger partial charge is 0.508 e. The van der Waals surface area contributed by atoms with Gasteiger partial charge >= 0.3 is 11.9 Å². The number of ether oxygens (including phenoxy) is 1. The maximum Gasteiger partial charge on any atom is 0.343 e. The van der Waals surface area contributed by atoms with Gasteiger partial charge in [0, 0.05) is 24.3 Å². The van der Waals surface area contributed by atoms with E-state index in [0.717, 1.165) is 47.2 Å². The first-order chi connectivity index (χ1) is 30.8. The minimum absolute atomic E-state index is 0.194. The summed E-state index contributed by atoms with van der Waals surface area (Å²) in [6, 6.07) is 36.4. The van der Waals surface area contributed by atoms with Crippen molar-refractivity contribution in [1.29, 1.82) is 10.5 Å². The number of hydrogen-bond donors (Lipinski definition) is 2. The van der Waals surface area contributed by atoms with Crippen molar-refractivity contribution in [3.05, 3.63) is 178 Å². The fraction of sp³-hybridized carbons (Fsp3) is 0.216. The van der Waals surface area contributed by atoms with Crippen LogP contribution in [0.1, 0.15) is 95.3 Å². The number of nitriles is 2. The number of aromatic hydroxyl groups is 1. The van der Waals surface area contributed by atoms with E-state index < -0.39 is 52.1 Å². The number of phenolic OH excluding ortho intramolecular Hbond substituents is 1. The maximum absolute atomic E-state index is 13.7. The molecule has 0 unspecified atom stereocenters. The number of carbonyl (C=O) groups is 2. The van der Waals surface area contributed by atoms with E-state index in [1.54, 1.807) is 36.4 Å². The first kappa shape index (κ1) is 51.7. The van der Waals surface area contributed by atoms with Crippen molar-refractivity contribution in [3.63, 3.8) is 0 Å². The Morgan fingerprint density at radius 1 is 0.562 bits per heavy atom. The Morgan fingerprint density at radius 3 is 1.22 bits per heavy atom. The van der Waals surface area contributed by atoms with E-state index in [1.807, 2.05) is 12.1 Å². The average Bonchev–Trinajstić information content (AvgIpc) is 3.28. The van der Waals surface area contributed by atoms with E-state index in [9.17, 15) is 27.2 Å². The van der Waals surface area contributed by atoms with Gasteiger partial charge < -0.3 is 14.9 Å². The van der Waals surface area contributed by atoms with Gasteiger partial charge in [0.1, 0.15) is 58.0 Å². The lowest BCUT2D eigenvalue weighted by Gasteiger charge is -2.08. The Hall–Kier alpha value is -6.66. The molecule has 0 aliphatic heterocycles. The van der Waals surface area contributed by atoms with Crippen LogP contribution in [0.4, 0.5) is 17.6 Å². The summed E-state index contributed by atoms with van der Waals surface area (Å²) in [6.07, 6.45) is 9.56. The van der Waals surface area contributed by atoms with Crippen LogP contribution in [0.15, 0.2) is 121 Å². The van der Waals surface area contributed by atoms with Crippen LogP contribution in [0.2, 0.25) is 0 Å². The molecule has 7 nitrogen and oxygen atoms in total. The number of rotatable bonds is 13. The molecule has 6 aromatic carbocycles. The summed E-state index contributed by atoms with van der Waals surface area (Å²) < 4.78 is 57.4. The lowest BCUT2D eigenvalue weighted by molar-refractivity contribution is 0.0694. The third-order valence-corrected chi connectivity index (χ3v) is 9.44. The fourth-order valence-corrected chi connectivity index (χ4v) is 6.04. The average molecular weight is 914 g/mol. The molecule has 13 heteroatoms.